The summed E-state index contributed by atoms with van der Waals surface area (Å²) in [6.07, 6.45) is 3.47. The van der Waals surface area contributed by atoms with Gasteiger partial charge in [0.2, 0.25) is 0 Å². The van der Waals surface area contributed by atoms with Gasteiger partial charge in [-0.25, -0.2) is 4.98 Å². The summed E-state index contributed by atoms with van der Waals surface area (Å²) in [5.41, 5.74) is 9.81. The zero-order valence-corrected chi connectivity index (χ0v) is 16.0. The summed E-state index contributed by atoms with van der Waals surface area (Å²) in [7, 11) is 0. The van der Waals surface area contributed by atoms with Crippen LogP contribution in [0.1, 0.15) is 57.8 Å². The highest BCUT2D eigenvalue weighted by atomic mass is 15.2. The summed E-state index contributed by atoms with van der Waals surface area (Å²) in [5.74, 6) is 0. The molecule has 0 saturated carbocycles. The van der Waals surface area contributed by atoms with E-state index in [0.717, 1.165) is 49.4 Å². The molecule has 0 radical (unpaired) electrons. The van der Waals surface area contributed by atoms with Crippen molar-refractivity contribution in [2.24, 2.45) is 5.73 Å². The lowest BCUT2D eigenvalue weighted by molar-refractivity contribution is 0.323. The van der Waals surface area contributed by atoms with Gasteiger partial charge < -0.3 is 16.0 Å². The molecule has 3 N–H and O–H groups in total. The van der Waals surface area contributed by atoms with Crippen LogP contribution in [0.2, 0.25) is 0 Å². The number of anilines is 1. The van der Waals surface area contributed by atoms with Gasteiger partial charge in [0.1, 0.15) is 0 Å². The normalized spacial score (nSPS) is 17.0. The van der Waals surface area contributed by atoms with Gasteiger partial charge in [-0.2, -0.15) is 5.26 Å². The molecule has 0 aromatic carbocycles. The molecule has 5 heteroatoms. The highest BCUT2D eigenvalue weighted by Gasteiger charge is 2.29. The number of nitrogens with one attached hydrogen (secondary N) is 1. The molecule has 0 spiro atoms. The van der Waals surface area contributed by atoms with Crippen LogP contribution in [0, 0.1) is 18.3 Å². The Labute approximate surface area is 151 Å². The molecular formula is C20H31N5. The van der Waals surface area contributed by atoms with Crippen molar-refractivity contribution in [3.63, 3.8) is 0 Å². The van der Waals surface area contributed by atoms with Crippen LogP contribution in [0.5, 0.6) is 0 Å². The molecule has 1 saturated heterocycles. The first-order valence-electron chi connectivity index (χ1n) is 9.05. The fourth-order valence-corrected chi connectivity index (χ4v) is 3.32. The molecule has 1 aliphatic heterocycles. The largest absolute Gasteiger partial charge is 0.378 e. The van der Waals surface area contributed by atoms with E-state index in [-0.39, 0.29) is 11.1 Å². The first-order valence-corrected chi connectivity index (χ1v) is 9.05. The number of nitrogens with two attached hydrogens (primary N) is 1. The molecule has 0 unspecified atom stereocenters. The van der Waals surface area contributed by atoms with E-state index in [4.69, 9.17) is 16.0 Å². The van der Waals surface area contributed by atoms with Crippen molar-refractivity contribution in [1.29, 1.82) is 5.26 Å². The van der Waals surface area contributed by atoms with Crippen molar-refractivity contribution in [3.8, 4) is 6.07 Å². The third-order valence-corrected chi connectivity index (χ3v) is 5.18. The minimum Gasteiger partial charge on any atom is -0.378 e. The van der Waals surface area contributed by atoms with Crippen molar-refractivity contribution in [1.82, 2.24) is 10.3 Å². The summed E-state index contributed by atoms with van der Waals surface area (Å²) in [6, 6.07) is 6.33. The molecule has 1 aromatic rings. The molecule has 0 bridgehead atoms. The lowest BCUT2D eigenvalue weighted by atomic mass is 9.86. The minimum atomic E-state index is -0.322. The van der Waals surface area contributed by atoms with E-state index in [1.807, 2.05) is 26.8 Å². The van der Waals surface area contributed by atoms with Crippen LogP contribution < -0.4 is 16.0 Å². The summed E-state index contributed by atoms with van der Waals surface area (Å²) in [6.45, 7) is 14.2. The number of hydrogen-bond donors (Lipinski definition) is 2. The van der Waals surface area contributed by atoms with E-state index in [1.54, 1.807) is 0 Å². The fraction of sp³-hybridized carbons (Fsp3) is 0.600. The number of aryl methyl sites for hydroxylation is 1. The fourth-order valence-electron chi connectivity index (χ4n) is 3.32. The monoisotopic (exact) mass is 341 g/mol. The molecule has 0 atom stereocenters. The van der Waals surface area contributed by atoms with Crippen LogP contribution in [0.3, 0.4) is 0 Å². The lowest BCUT2D eigenvalue weighted by Gasteiger charge is -2.40. The van der Waals surface area contributed by atoms with E-state index in [2.05, 4.69) is 35.9 Å². The average Bonchev–Trinajstić information content (AvgIpc) is 2.55. The Kier molecular flexibility index (Phi) is 5.74. The topological polar surface area (TPSA) is 78.0 Å². The Morgan fingerprint density at radius 3 is 2.60 bits per heavy atom. The lowest BCUT2D eigenvalue weighted by Crippen LogP contribution is -2.50. The van der Waals surface area contributed by atoms with Crippen molar-refractivity contribution in [3.05, 3.63) is 30.1 Å². The Hall–Kier alpha value is -2.06. The Morgan fingerprint density at radius 2 is 2.08 bits per heavy atom. The van der Waals surface area contributed by atoms with Gasteiger partial charge in [-0.05, 0) is 52.2 Å². The van der Waals surface area contributed by atoms with Gasteiger partial charge in [-0.1, -0.05) is 13.5 Å². The number of rotatable bonds is 6. The molecule has 1 aromatic heterocycles. The molecule has 25 heavy (non-hydrogen) atoms. The smallest absolute Gasteiger partial charge is 0.0859 e. The standard InChI is InChI=1S/C20H31N5/c1-6-20(22)10-13-25(14-11-20)18-8-7-17(23-16(18)3)15(2)24-19(4,5)9-12-21/h7-8,24H,2,6,9-11,13-14,22H2,1,3-5H3. The summed E-state index contributed by atoms with van der Waals surface area (Å²) >= 11 is 0. The number of nitriles is 1. The second-order valence-corrected chi connectivity index (χ2v) is 7.83. The maximum Gasteiger partial charge on any atom is 0.0859 e. The van der Waals surface area contributed by atoms with Crippen LogP contribution in [-0.4, -0.2) is 29.2 Å². The highest BCUT2D eigenvalue weighted by molar-refractivity contribution is 5.62. The van der Waals surface area contributed by atoms with Crippen LogP contribution >= 0.6 is 0 Å². The Balaban J connectivity index is 2.09. The van der Waals surface area contributed by atoms with Gasteiger partial charge in [-0.3, -0.25) is 0 Å². The number of aromatic nitrogens is 1. The van der Waals surface area contributed by atoms with Gasteiger partial charge in [0.15, 0.2) is 0 Å². The van der Waals surface area contributed by atoms with E-state index in [0.29, 0.717) is 6.42 Å². The summed E-state index contributed by atoms with van der Waals surface area (Å²) in [4.78, 5) is 7.11. The van der Waals surface area contributed by atoms with Gasteiger partial charge >= 0.3 is 0 Å². The Morgan fingerprint density at radius 1 is 1.44 bits per heavy atom. The molecule has 1 aliphatic rings. The van der Waals surface area contributed by atoms with Crippen molar-refractivity contribution >= 4 is 11.4 Å². The van der Waals surface area contributed by atoms with Crippen LogP contribution in [0.15, 0.2) is 18.7 Å². The molecule has 0 amide bonds. The van der Waals surface area contributed by atoms with E-state index >= 15 is 0 Å². The average molecular weight is 342 g/mol. The predicted molar refractivity (Wildman–Crippen MR) is 104 cm³/mol. The number of piperidine rings is 1. The Bertz CT molecular complexity index is 663. The zero-order valence-electron chi connectivity index (χ0n) is 16.0. The molecule has 0 aliphatic carbocycles. The molecule has 2 heterocycles. The maximum atomic E-state index is 8.92. The maximum absolute atomic E-state index is 8.92. The SMILES string of the molecule is C=C(NC(C)(C)CC#N)c1ccc(N2CCC(N)(CC)CC2)c(C)n1. The van der Waals surface area contributed by atoms with Crippen molar-refractivity contribution in [2.75, 3.05) is 18.0 Å². The van der Waals surface area contributed by atoms with Crippen LogP contribution in [0.4, 0.5) is 5.69 Å². The predicted octanol–water partition coefficient (Wildman–Crippen LogP) is 3.35. The second-order valence-electron chi connectivity index (χ2n) is 7.83. The van der Waals surface area contributed by atoms with E-state index in [9.17, 15) is 0 Å². The molecule has 5 nitrogen and oxygen atoms in total. The first kappa shape index (κ1) is 19.3. The van der Waals surface area contributed by atoms with E-state index in [1.165, 1.54) is 5.69 Å². The molecular weight excluding hydrogens is 310 g/mol. The second kappa shape index (κ2) is 7.45. The van der Waals surface area contributed by atoms with Crippen LogP contribution in [-0.2, 0) is 0 Å². The molecule has 136 valence electrons. The number of nitrogens with zero attached hydrogens (tertiary/aromatic N) is 3. The van der Waals surface area contributed by atoms with Gasteiger partial charge in [0.25, 0.3) is 0 Å². The zero-order chi connectivity index (χ0) is 18.7. The number of hydrogen-bond acceptors (Lipinski definition) is 5. The van der Waals surface area contributed by atoms with Crippen LogP contribution in [0.25, 0.3) is 5.70 Å². The minimum absolute atomic E-state index is 0.0116. The third kappa shape index (κ3) is 4.73. The van der Waals surface area contributed by atoms with Gasteiger partial charge in [-0.15, -0.1) is 0 Å². The first-order chi connectivity index (χ1) is 11.7. The summed E-state index contributed by atoms with van der Waals surface area (Å²) in [5, 5.41) is 12.2. The highest BCUT2D eigenvalue weighted by Crippen LogP contribution is 2.29. The van der Waals surface area contributed by atoms with Gasteiger partial charge in [0.05, 0.1) is 35.3 Å². The third-order valence-electron chi connectivity index (χ3n) is 5.18. The van der Waals surface area contributed by atoms with Crippen molar-refractivity contribution in [2.45, 2.75) is 64.5 Å². The molecule has 2 rings (SSSR count). The van der Waals surface area contributed by atoms with Crippen molar-refractivity contribution < 1.29 is 0 Å². The van der Waals surface area contributed by atoms with E-state index < -0.39 is 0 Å². The molecule has 1 fully saturated rings. The number of pyridine rings is 1. The van der Waals surface area contributed by atoms with Gasteiger partial charge in [0, 0.05) is 24.2 Å². The summed E-state index contributed by atoms with van der Waals surface area (Å²) < 4.78 is 0. The quantitative estimate of drug-likeness (QED) is 0.829.